The van der Waals surface area contributed by atoms with Gasteiger partial charge >= 0.3 is 0 Å². The van der Waals surface area contributed by atoms with Crippen molar-refractivity contribution in [1.82, 2.24) is 9.97 Å². The van der Waals surface area contributed by atoms with Crippen molar-refractivity contribution in [2.75, 3.05) is 0 Å². The Morgan fingerprint density at radius 3 is 2.60 bits per heavy atom. The van der Waals surface area contributed by atoms with Crippen LogP contribution in [0.3, 0.4) is 0 Å². The van der Waals surface area contributed by atoms with Gasteiger partial charge in [0.15, 0.2) is 5.82 Å². The molecule has 1 aromatic heterocycles. The molecule has 0 unspecified atom stereocenters. The third kappa shape index (κ3) is 1.28. The van der Waals surface area contributed by atoms with Gasteiger partial charge in [-0.3, -0.25) is 0 Å². The maximum Gasteiger partial charge on any atom is 0.176 e. The predicted octanol–water partition coefficient (Wildman–Crippen LogP) is 0.675. The minimum absolute atomic E-state index is 0.417. The lowest BCUT2D eigenvalue weighted by Crippen LogP contribution is -2.00. The van der Waals surface area contributed by atoms with E-state index < -0.39 is 0 Å². The zero-order valence-electron chi connectivity index (χ0n) is 5.52. The van der Waals surface area contributed by atoms with Gasteiger partial charge in [-0.2, -0.15) is 0 Å². The largest absolute Gasteiger partial charge is 0.411 e. The average molecular weight is 137 g/mol. The summed E-state index contributed by atoms with van der Waals surface area (Å²) in [7, 11) is 0. The van der Waals surface area contributed by atoms with E-state index in [0.717, 1.165) is 0 Å². The van der Waals surface area contributed by atoms with Crippen molar-refractivity contribution in [2.45, 2.75) is 6.92 Å². The van der Waals surface area contributed by atoms with Crippen LogP contribution in [-0.4, -0.2) is 20.9 Å². The van der Waals surface area contributed by atoms with Crippen LogP contribution in [0.4, 0.5) is 0 Å². The molecule has 1 rings (SSSR count). The molecule has 0 spiro atoms. The van der Waals surface area contributed by atoms with Crippen LogP contribution in [0.25, 0.3) is 0 Å². The number of nitrogens with zero attached hydrogens (tertiary/aromatic N) is 3. The molecule has 0 radical (unpaired) electrons. The highest BCUT2D eigenvalue weighted by molar-refractivity contribution is 5.94. The Hall–Kier alpha value is -1.45. The maximum atomic E-state index is 8.30. The summed E-state index contributed by atoms with van der Waals surface area (Å²) in [6.45, 7) is 1.63. The molecule has 0 aliphatic heterocycles. The molecule has 0 fully saturated rings. The van der Waals surface area contributed by atoms with Gasteiger partial charge in [0, 0.05) is 12.4 Å². The van der Waals surface area contributed by atoms with Gasteiger partial charge in [-0.1, -0.05) is 5.16 Å². The van der Waals surface area contributed by atoms with Crippen LogP contribution < -0.4 is 0 Å². The molecule has 0 bridgehead atoms. The molecule has 4 nitrogen and oxygen atoms in total. The SMILES string of the molecule is C/C(=N/O)c1ncccn1. The first-order valence-electron chi connectivity index (χ1n) is 2.80. The second-order valence-electron chi connectivity index (χ2n) is 1.76. The van der Waals surface area contributed by atoms with Crippen molar-refractivity contribution < 1.29 is 5.21 Å². The summed E-state index contributed by atoms with van der Waals surface area (Å²) in [5.41, 5.74) is 0.417. The Labute approximate surface area is 58.2 Å². The van der Waals surface area contributed by atoms with Crippen LogP contribution in [0.1, 0.15) is 12.7 Å². The molecule has 4 heteroatoms. The van der Waals surface area contributed by atoms with E-state index in [1.807, 2.05) is 0 Å². The normalized spacial score (nSPS) is 11.5. The average Bonchev–Trinajstić information content (AvgIpc) is 2.05. The fraction of sp³-hybridized carbons (Fsp3) is 0.167. The van der Waals surface area contributed by atoms with E-state index >= 15 is 0 Å². The Bertz CT molecular complexity index is 232. The van der Waals surface area contributed by atoms with Crippen LogP contribution in [0.5, 0.6) is 0 Å². The zero-order chi connectivity index (χ0) is 7.40. The molecular formula is C6H7N3O. The fourth-order valence-corrected chi connectivity index (χ4v) is 0.531. The Morgan fingerprint density at radius 2 is 2.10 bits per heavy atom. The van der Waals surface area contributed by atoms with E-state index in [0.29, 0.717) is 11.5 Å². The molecule has 52 valence electrons. The van der Waals surface area contributed by atoms with E-state index in [4.69, 9.17) is 5.21 Å². The molecule has 0 amide bonds. The van der Waals surface area contributed by atoms with E-state index in [1.54, 1.807) is 25.4 Å². The fourth-order valence-electron chi connectivity index (χ4n) is 0.531. The molecule has 0 aliphatic rings. The monoisotopic (exact) mass is 137 g/mol. The Morgan fingerprint density at radius 1 is 1.50 bits per heavy atom. The van der Waals surface area contributed by atoms with Crippen molar-refractivity contribution in [3.05, 3.63) is 24.3 Å². The predicted molar refractivity (Wildman–Crippen MR) is 36.0 cm³/mol. The molecular weight excluding hydrogens is 130 g/mol. The van der Waals surface area contributed by atoms with Crippen LogP contribution in [0.15, 0.2) is 23.6 Å². The zero-order valence-corrected chi connectivity index (χ0v) is 5.52. The van der Waals surface area contributed by atoms with Crippen LogP contribution in [-0.2, 0) is 0 Å². The first-order valence-corrected chi connectivity index (χ1v) is 2.80. The topological polar surface area (TPSA) is 58.4 Å². The molecule has 0 atom stereocenters. The molecule has 0 saturated carbocycles. The summed E-state index contributed by atoms with van der Waals surface area (Å²) in [6.07, 6.45) is 3.19. The summed E-state index contributed by atoms with van der Waals surface area (Å²) in [5.74, 6) is 0.449. The third-order valence-electron chi connectivity index (χ3n) is 1.04. The number of oxime groups is 1. The van der Waals surface area contributed by atoms with Gasteiger partial charge in [0.25, 0.3) is 0 Å². The highest BCUT2D eigenvalue weighted by Gasteiger charge is 1.96. The van der Waals surface area contributed by atoms with Gasteiger partial charge < -0.3 is 5.21 Å². The number of rotatable bonds is 1. The van der Waals surface area contributed by atoms with Crippen molar-refractivity contribution in [3.63, 3.8) is 0 Å². The molecule has 1 aromatic rings. The highest BCUT2D eigenvalue weighted by Crippen LogP contribution is 1.88. The highest BCUT2D eigenvalue weighted by atomic mass is 16.4. The summed E-state index contributed by atoms with van der Waals surface area (Å²) >= 11 is 0. The third-order valence-corrected chi connectivity index (χ3v) is 1.04. The maximum absolute atomic E-state index is 8.30. The second kappa shape index (κ2) is 2.91. The quantitative estimate of drug-likeness (QED) is 0.351. The standard InChI is InChI=1S/C6H7N3O/c1-5(9-10)6-7-3-2-4-8-6/h2-4,10H,1H3/b9-5-. The van der Waals surface area contributed by atoms with Gasteiger partial charge in [0.2, 0.25) is 0 Å². The van der Waals surface area contributed by atoms with Gasteiger partial charge in [-0.15, -0.1) is 0 Å². The molecule has 10 heavy (non-hydrogen) atoms. The lowest BCUT2D eigenvalue weighted by molar-refractivity contribution is 0.318. The Kier molecular flexibility index (Phi) is 1.94. The van der Waals surface area contributed by atoms with E-state index in [9.17, 15) is 0 Å². The smallest absolute Gasteiger partial charge is 0.176 e. The summed E-state index contributed by atoms with van der Waals surface area (Å²) < 4.78 is 0. The molecule has 1 N–H and O–H groups in total. The van der Waals surface area contributed by atoms with Crippen molar-refractivity contribution >= 4 is 5.71 Å². The summed E-state index contributed by atoms with van der Waals surface area (Å²) in [5, 5.41) is 11.2. The molecule has 0 aliphatic carbocycles. The lowest BCUT2D eigenvalue weighted by Gasteiger charge is -1.91. The molecule has 0 aromatic carbocycles. The Balaban J connectivity index is 2.96. The van der Waals surface area contributed by atoms with Crippen LogP contribution >= 0.6 is 0 Å². The summed E-state index contributed by atoms with van der Waals surface area (Å²) in [6, 6.07) is 1.70. The van der Waals surface area contributed by atoms with E-state index in [-0.39, 0.29) is 0 Å². The van der Waals surface area contributed by atoms with Crippen molar-refractivity contribution in [2.24, 2.45) is 5.16 Å². The summed E-state index contributed by atoms with van der Waals surface area (Å²) in [4.78, 5) is 7.70. The van der Waals surface area contributed by atoms with Crippen LogP contribution in [0.2, 0.25) is 0 Å². The number of hydrogen-bond donors (Lipinski definition) is 1. The number of aromatic nitrogens is 2. The van der Waals surface area contributed by atoms with Gasteiger partial charge in [0.1, 0.15) is 5.71 Å². The first-order chi connectivity index (χ1) is 4.84. The van der Waals surface area contributed by atoms with Gasteiger partial charge in [-0.25, -0.2) is 9.97 Å². The van der Waals surface area contributed by atoms with E-state index in [2.05, 4.69) is 15.1 Å². The second-order valence-corrected chi connectivity index (χ2v) is 1.76. The lowest BCUT2D eigenvalue weighted by atomic mass is 10.4. The minimum Gasteiger partial charge on any atom is -0.411 e. The molecule has 0 saturated heterocycles. The first kappa shape index (κ1) is 6.67. The van der Waals surface area contributed by atoms with E-state index in [1.165, 1.54) is 0 Å². The molecule has 1 heterocycles. The van der Waals surface area contributed by atoms with Crippen molar-refractivity contribution in [1.29, 1.82) is 0 Å². The van der Waals surface area contributed by atoms with Crippen molar-refractivity contribution in [3.8, 4) is 0 Å². The van der Waals surface area contributed by atoms with Gasteiger partial charge in [0.05, 0.1) is 0 Å². The van der Waals surface area contributed by atoms with Crippen LogP contribution in [0, 0.1) is 0 Å². The van der Waals surface area contributed by atoms with Gasteiger partial charge in [-0.05, 0) is 13.0 Å². The number of hydrogen-bond acceptors (Lipinski definition) is 4. The minimum atomic E-state index is 0.417.